The monoisotopic (exact) mass is 221 g/mol. The minimum atomic E-state index is 0.645. The summed E-state index contributed by atoms with van der Waals surface area (Å²) in [5.74, 6) is 0.893. The van der Waals surface area contributed by atoms with Gasteiger partial charge in [-0.3, -0.25) is 0 Å². The van der Waals surface area contributed by atoms with Gasteiger partial charge >= 0.3 is 0 Å². The highest BCUT2D eigenvalue weighted by Crippen LogP contribution is 2.28. The standard InChI is InChI=1S/C12H12ClNO/c1-15-12-7-6-9(8-14-13)10-4-2-3-5-11(10)12/h2-7,14H,8H2,1H3. The van der Waals surface area contributed by atoms with Crippen molar-refractivity contribution in [3.8, 4) is 5.75 Å². The molecule has 0 amide bonds. The van der Waals surface area contributed by atoms with Crippen LogP contribution in [0.3, 0.4) is 0 Å². The quantitative estimate of drug-likeness (QED) is 0.805. The van der Waals surface area contributed by atoms with Crippen molar-refractivity contribution >= 4 is 22.5 Å². The number of hydrogen-bond donors (Lipinski definition) is 1. The second-order valence-corrected chi connectivity index (χ2v) is 3.55. The zero-order chi connectivity index (χ0) is 10.7. The number of methoxy groups -OCH3 is 1. The highest BCUT2D eigenvalue weighted by molar-refractivity contribution is 6.13. The van der Waals surface area contributed by atoms with Crippen LogP contribution < -0.4 is 9.57 Å². The molecule has 0 aliphatic carbocycles. The molecule has 0 aliphatic heterocycles. The number of fused-ring (bicyclic) bond motifs is 1. The van der Waals surface area contributed by atoms with E-state index in [-0.39, 0.29) is 0 Å². The van der Waals surface area contributed by atoms with Gasteiger partial charge in [0.1, 0.15) is 5.75 Å². The van der Waals surface area contributed by atoms with E-state index >= 15 is 0 Å². The second-order valence-electron chi connectivity index (χ2n) is 3.28. The normalized spacial score (nSPS) is 10.5. The van der Waals surface area contributed by atoms with Crippen LogP contribution in [0.1, 0.15) is 5.56 Å². The summed E-state index contributed by atoms with van der Waals surface area (Å²) in [4.78, 5) is 2.65. The first-order valence-corrected chi connectivity index (χ1v) is 5.12. The Morgan fingerprint density at radius 1 is 1.13 bits per heavy atom. The van der Waals surface area contributed by atoms with E-state index in [0.29, 0.717) is 6.54 Å². The molecule has 0 heterocycles. The molecule has 2 aromatic carbocycles. The summed E-state index contributed by atoms with van der Waals surface area (Å²) in [6.07, 6.45) is 0. The Labute approximate surface area is 93.9 Å². The molecule has 2 nitrogen and oxygen atoms in total. The lowest BCUT2D eigenvalue weighted by molar-refractivity contribution is 0.419. The fraction of sp³-hybridized carbons (Fsp3) is 0.167. The average molecular weight is 222 g/mol. The van der Waals surface area contributed by atoms with Gasteiger partial charge in [0.2, 0.25) is 0 Å². The average Bonchev–Trinajstić information content (AvgIpc) is 2.30. The SMILES string of the molecule is COc1ccc(CNCl)c2ccccc12. The smallest absolute Gasteiger partial charge is 0.126 e. The molecule has 0 aromatic heterocycles. The number of halogens is 1. The van der Waals surface area contributed by atoms with Crippen LogP contribution in [0, 0.1) is 0 Å². The molecular formula is C12H12ClNO. The van der Waals surface area contributed by atoms with Gasteiger partial charge in [-0.1, -0.05) is 30.3 Å². The predicted octanol–water partition coefficient (Wildman–Crippen LogP) is 3.09. The summed E-state index contributed by atoms with van der Waals surface area (Å²) in [6.45, 7) is 0.645. The fourth-order valence-electron chi connectivity index (χ4n) is 1.74. The van der Waals surface area contributed by atoms with E-state index < -0.39 is 0 Å². The summed E-state index contributed by atoms with van der Waals surface area (Å²) in [5.41, 5.74) is 1.17. The first-order chi connectivity index (χ1) is 7.36. The minimum Gasteiger partial charge on any atom is -0.496 e. The minimum absolute atomic E-state index is 0.645. The molecule has 78 valence electrons. The molecule has 0 aliphatic rings. The Morgan fingerprint density at radius 2 is 1.87 bits per heavy atom. The molecule has 15 heavy (non-hydrogen) atoms. The third-order valence-electron chi connectivity index (χ3n) is 2.45. The Bertz CT molecular complexity index is 470. The van der Waals surface area contributed by atoms with Gasteiger partial charge in [0, 0.05) is 11.9 Å². The molecule has 0 fully saturated rings. The van der Waals surface area contributed by atoms with Gasteiger partial charge in [0.15, 0.2) is 0 Å². The molecule has 3 heteroatoms. The van der Waals surface area contributed by atoms with Crippen LogP contribution in [0.15, 0.2) is 36.4 Å². The van der Waals surface area contributed by atoms with Gasteiger partial charge in [-0.25, -0.2) is 4.84 Å². The van der Waals surface area contributed by atoms with Gasteiger partial charge in [-0.15, -0.1) is 0 Å². The van der Waals surface area contributed by atoms with E-state index in [9.17, 15) is 0 Å². The summed E-state index contributed by atoms with van der Waals surface area (Å²) in [5, 5.41) is 2.29. The molecule has 1 N–H and O–H groups in total. The Balaban J connectivity index is 2.66. The molecule has 0 saturated heterocycles. The van der Waals surface area contributed by atoms with Gasteiger partial charge in [-0.05, 0) is 28.8 Å². The lowest BCUT2D eigenvalue weighted by Crippen LogP contribution is -1.99. The summed E-state index contributed by atoms with van der Waals surface area (Å²) < 4.78 is 5.31. The lowest BCUT2D eigenvalue weighted by Gasteiger charge is -2.09. The molecule has 2 rings (SSSR count). The maximum absolute atomic E-state index is 5.53. The molecule has 0 atom stereocenters. The Kier molecular flexibility index (Phi) is 3.09. The lowest BCUT2D eigenvalue weighted by atomic mass is 10.0. The van der Waals surface area contributed by atoms with E-state index in [1.807, 2.05) is 30.3 Å². The van der Waals surface area contributed by atoms with Crippen LogP contribution in [0.4, 0.5) is 0 Å². The van der Waals surface area contributed by atoms with E-state index in [4.69, 9.17) is 16.5 Å². The van der Waals surface area contributed by atoms with Crippen LogP contribution in [-0.4, -0.2) is 7.11 Å². The van der Waals surface area contributed by atoms with E-state index in [1.54, 1.807) is 7.11 Å². The number of ether oxygens (including phenoxy) is 1. The van der Waals surface area contributed by atoms with Gasteiger partial charge in [0.05, 0.1) is 7.11 Å². The van der Waals surface area contributed by atoms with Crippen LogP contribution in [0.2, 0.25) is 0 Å². The van der Waals surface area contributed by atoms with Gasteiger partial charge in [-0.2, -0.15) is 0 Å². The molecule has 0 saturated carbocycles. The van der Waals surface area contributed by atoms with Crippen LogP contribution in [0.25, 0.3) is 10.8 Å². The zero-order valence-corrected chi connectivity index (χ0v) is 9.21. The largest absolute Gasteiger partial charge is 0.496 e. The third-order valence-corrected chi connectivity index (χ3v) is 2.59. The van der Waals surface area contributed by atoms with Crippen molar-refractivity contribution in [3.05, 3.63) is 42.0 Å². The predicted molar refractivity (Wildman–Crippen MR) is 63.2 cm³/mol. The van der Waals surface area contributed by atoms with Gasteiger partial charge in [0.25, 0.3) is 0 Å². The summed E-state index contributed by atoms with van der Waals surface area (Å²) in [6, 6.07) is 12.1. The third kappa shape index (κ3) is 1.91. The van der Waals surface area contributed by atoms with E-state index in [2.05, 4.69) is 10.9 Å². The zero-order valence-electron chi connectivity index (χ0n) is 8.46. The number of rotatable bonds is 3. The van der Waals surface area contributed by atoms with Crippen LogP contribution in [0.5, 0.6) is 5.75 Å². The first-order valence-electron chi connectivity index (χ1n) is 4.75. The second kappa shape index (κ2) is 4.51. The van der Waals surface area contributed by atoms with Crippen molar-refractivity contribution in [2.75, 3.05) is 7.11 Å². The molecule has 0 spiro atoms. The molecule has 0 unspecified atom stereocenters. The Morgan fingerprint density at radius 3 is 2.53 bits per heavy atom. The van der Waals surface area contributed by atoms with Crippen molar-refractivity contribution in [3.63, 3.8) is 0 Å². The number of benzene rings is 2. The van der Waals surface area contributed by atoms with Crippen molar-refractivity contribution in [2.24, 2.45) is 0 Å². The van der Waals surface area contributed by atoms with Crippen molar-refractivity contribution in [2.45, 2.75) is 6.54 Å². The number of hydrogen-bond acceptors (Lipinski definition) is 2. The molecule has 0 bridgehead atoms. The summed E-state index contributed by atoms with van der Waals surface area (Å²) in [7, 11) is 1.68. The van der Waals surface area contributed by atoms with E-state index in [0.717, 1.165) is 11.1 Å². The highest BCUT2D eigenvalue weighted by atomic mass is 35.5. The van der Waals surface area contributed by atoms with Crippen LogP contribution in [-0.2, 0) is 6.54 Å². The maximum Gasteiger partial charge on any atom is 0.126 e. The van der Waals surface area contributed by atoms with Crippen molar-refractivity contribution in [1.82, 2.24) is 4.84 Å². The summed E-state index contributed by atoms with van der Waals surface area (Å²) >= 11 is 5.53. The van der Waals surface area contributed by atoms with Crippen molar-refractivity contribution < 1.29 is 4.74 Å². The first kappa shape index (κ1) is 10.3. The molecule has 0 radical (unpaired) electrons. The highest BCUT2D eigenvalue weighted by Gasteiger charge is 2.04. The van der Waals surface area contributed by atoms with Crippen molar-refractivity contribution in [1.29, 1.82) is 0 Å². The van der Waals surface area contributed by atoms with Gasteiger partial charge < -0.3 is 4.74 Å². The topological polar surface area (TPSA) is 21.3 Å². The van der Waals surface area contributed by atoms with E-state index in [1.165, 1.54) is 10.9 Å². The van der Waals surface area contributed by atoms with Crippen LogP contribution >= 0.6 is 11.8 Å². The maximum atomic E-state index is 5.53. The Hall–Kier alpha value is -1.25. The molecular weight excluding hydrogens is 210 g/mol. The fourth-order valence-corrected chi connectivity index (χ4v) is 1.88. The number of nitrogens with one attached hydrogen (secondary N) is 1. The molecule has 2 aromatic rings.